The number of ether oxygens (including phenoxy) is 2. The van der Waals surface area contributed by atoms with E-state index in [1.165, 1.54) is 7.11 Å². The average molecular weight is 351 g/mol. The van der Waals surface area contributed by atoms with Gasteiger partial charge in [-0.25, -0.2) is 4.79 Å². The second-order valence-corrected chi connectivity index (χ2v) is 6.65. The third-order valence-corrected chi connectivity index (χ3v) is 4.88. The molecule has 0 unspecified atom stereocenters. The van der Waals surface area contributed by atoms with E-state index in [2.05, 4.69) is 31.0 Å². The van der Waals surface area contributed by atoms with E-state index in [9.17, 15) is 4.79 Å². The Kier molecular flexibility index (Phi) is 5.43. The van der Waals surface area contributed by atoms with Gasteiger partial charge in [0.1, 0.15) is 11.4 Å². The minimum Gasteiger partial charge on any atom is -0.482 e. The molecule has 0 bridgehead atoms. The van der Waals surface area contributed by atoms with Crippen LogP contribution in [0.4, 0.5) is 0 Å². The molecule has 0 aromatic heterocycles. The Hall–Kier alpha value is -2.59. The van der Waals surface area contributed by atoms with Crippen LogP contribution < -0.4 is 10.1 Å². The number of hydrogen-bond donors (Lipinski definition) is 1. The number of piperidine rings is 1. The fourth-order valence-electron chi connectivity index (χ4n) is 3.45. The van der Waals surface area contributed by atoms with E-state index in [1.54, 1.807) is 12.1 Å². The van der Waals surface area contributed by atoms with E-state index in [-0.39, 0.29) is 11.6 Å². The van der Waals surface area contributed by atoms with E-state index in [1.807, 2.05) is 24.3 Å². The molecule has 1 fully saturated rings. The first-order valence-corrected chi connectivity index (χ1v) is 8.90. The molecule has 2 aliphatic heterocycles. The highest BCUT2D eigenvalue weighted by molar-refractivity contribution is 5.93. The van der Waals surface area contributed by atoms with Gasteiger partial charge in [-0.3, -0.25) is 0 Å². The molecule has 1 aromatic rings. The highest BCUT2D eigenvalue weighted by Gasteiger charge is 2.37. The van der Waals surface area contributed by atoms with Crippen LogP contribution in [0.5, 0.6) is 5.75 Å². The average Bonchev–Trinajstić information content (AvgIpc) is 2.67. The maximum Gasteiger partial charge on any atom is 0.337 e. The lowest BCUT2D eigenvalue weighted by atomic mass is 9.83. The van der Waals surface area contributed by atoms with Crippen molar-refractivity contribution in [3.05, 3.63) is 71.9 Å². The minimum absolute atomic E-state index is 0.294. The molecule has 1 aromatic carbocycles. The van der Waals surface area contributed by atoms with Gasteiger partial charge in [-0.05, 0) is 55.4 Å². The van der Waals surface area contributed by atoms with Crippen molar-refractivity contribution in [1.82, 2.24) is 5.32 Å². The van der Waals surface area contributed by atoms with E-state index >= 15 is 0 Å². The van der Waals surface area contributed by atoms with Gasteiger partial charge in [0.15, 0.2) is 0 Å². The van der Waals surface area contributed by atoms with Gasteiger partial charge in [-0.1, -0.05) is 30.9 Å². The molecule has 1 saturated heterocycles. The summed E-state index contributed by atoms with van der Waals surface area (Å²) >= 11 is 0. The zero-order chi connectivity index (χ0) is 18.6. The second kappa shape index (κ2) is 7.75. The number of allylic oxidation sites excluding steroid dienone is 6. The van der Waals surface area contributed by atoms with Crippen LogP contribution in [0.15, 0.2) is 60.7 Å². The zero-order valence-corrected chi connectivity index (χ0v) is 15.4. The van der Waals surface area contributed by atoms with Gasteiger partial charge in [-0.2, -0.15) is 0 Å². The number of nitrogens with one attached hydrogen (secondary N) is 1. The predicted molar refractivity (Wildman–Crippen MR) is 104 cm³/mol. The predicted octanol–water partition coefficient (Wildman–Crippen LogP) is 4.06. The molecule has 1 spiro atoms. The Morgan fingerprint density at radius 3 is 2.77 bits per heavy atom. The summed E-state index contributed by atoms with van der Waals surface area (Å²) in [5.41, 5.74) is 3.38. The molecule has 2 heterocycles. The summed E-state index contributed by atoms with van der Waals surface area (Å²) in [6.07, 6.45) is 11.7. The maximum absolute atomic E-state index is 12.0. The summed E-state index contributed by atoms with van der Waals surface area (Å²) in [7, 11) is 1.39. The van der Waals surface area contributed by atoms with E-state index in [0.29, 0.717) is 5.56 Å². The van der Waals surface area contributed by atoms with Crippen molar-refractivity contribution >= 4 is 11.5 Å². The summed E-state index contributed by atoms with van der Waals surface area (Å²) in [5.74, 6) is 0.472. The number of rotatable bonds is 4. The normalized spacial score (nSPS) is 18.8. The van der Waals surface area contributed by atoms with Gasteiger partial charge < -0.3 is 14.8 Å². The Labute approximate surface area is 154 Å². The maximum atomic E-state index is 12.0. The van der Waals surface area contributed by atoms with Gasteiger partial charge in [0.05, 0.1) is 12.7 Å². The van der Waals surface area contributed by atoms with Crippen molar-refractivity contribution < 1.29 is 14.3 Å². The third-order valence-electron chi connectivity index (χ3n) is 4.88. The van der Waals surface area contributed by atoms with Crippen LogP contribution in [-0.4, -0.2) is 31.8 Å². The molecule has 2 aliphatic rings. The van der Waals surface area contributed by atoms with Crippen molar-refractivity contribution in [3.63, 3.8) is 0 Å². The van der Waals surface area contributed by atoms with Crippen molar-refractivity contribution in [3.8, 4) is 5.75 Å². The number of methoxy groups -OCH3 is 1. The first-order valence-electron chi connectivity index (χ1n) is 8.90. The van der Waals surface area contributed by atoms with E-state index in [0.717, 1.165) is 48.4 Å². The van der Waals surface area contributed by atoms with Gasteiger partial charge in [0, 0.05) is 18.4 Å². The fourth-order valence-corrected chi connectivity index (χ4v) is 3.45. The largest absolute Gasteiger partial charge is 0.482 e. The zero-order valence-electron chi connectivity index (χ0n) is 15.4. The number of carbonyl (C=O) groups is 1. The van der Waals surface area contributed by atoms with Crippen molar-refractivity contribution in [2.45, 2.75) is 25.4 Å². The SMILES string of the molecule is C=C/C=C\C=C(/C)C1=CC2(CCNCC2)Oc2ccc(C(=O)OC)cc21. The lowest BCUT2D eigenvalue weighted by Gasteiger charge is -2.40. The highest BCUT2D eigenvalue weighted by atomic mass is 16.5. The first-order chi connectivity index (χ1) is 12.6. The smallest absolute Gasteiger partial charge is 0.337 e. The quantitative estimate of drug-likeness (QED) is 0.656. The fraction of sp³-hybridized carbons (Fsp3) is 0.318. The lowest BCUT2D eigenvalue weighted by molar-refractivity contribution is 0.0600. The molecule has 0 atom stereocenters. The molecule has 3 rings (SSSR count). The Bertz CT molecular complexity index is 796. The molecule has 4 nitrogen and oxygen atoms in total. The van der Waals surface area contributed by atoms with Crippen molar-refractivity contribution in [2.24, 2.45) is 0 Å². The van der Waals surface area contributed by atoms with Crippen LogP contribution in [0.2, 0.25) is 0 Å². The number of hydrogen-bond acceptors (Lipinski definition) is 4. The Balaban J connectivity index is 2.09. The number of esters is 1. The molecule has 26 heavy (non-hydrogen) atoms. The van der Waals surface area contributed by atoms with Crippen LogP contribution in [0, 0.1) is 0 Å². The van der Waals surface area contributed by atoms with Crippen LogP contribution >= 0.6 is 0 Å². The summed E-state index contributed by atoms with van der Waals surface area (Å²) in [4.78, 5) is 12.0. The van der Waals surface area contributed by atoms with Crippen LogP contribution in [-0.2, 0) is 4.74 Å². The second-order valence-electron chi connectivity index (χ2n) is 6.65. The monoisotopic (exact) mass is 351 g/mol. The van der Waals surface area contributed by atoms with Crippen molar-refractivity contribution in [2.75, 3.05) is 20.2 Å². The molecule has 1 N–H and O–H groups in total. The standard InChI is InChI=1S/C22H25NO3/c1-4-5-6-7-16(2)19-15-22(10-12-23-13-11-22)26-20-9-8-17(14-18(19)20)21(24)25-3/h4-9,14-15,23H,1,10-13H2,2-3H3/b6-5-,16-7+. The number of fused-ring (bicyclic) bond motifs is 1. The molecule has 0 aliphatic carbocycles. The summed E-state index contributed by atoms with van der Waals surface area (Å²) in [5, 5.41) is 3.39. The van der Waals surface area contributed by atoms with Crippen LogP contribution in [0.1, 0.15) is 35.7 Å². The topological polar surface area (TPSA) is 47.6 Å². The molecule has 4 heteroatoms. The Morgan fingerprint density at radius 1 is 1.31 bits per heavy atom. The summed E-state index contributed by atoms with van der Waals surface area (Å²) in [6.45, 7) is 7.64. The molecule has 136 valence electrons. The third kappa shape index (κ3) is 3.65. The lowest BCUT2D eigenvalue weighted by Crippen LogP contribution is -2.46. The van der Waals surface area contributed by atoms with Crippen LogP contribution in [0.3, 0.4) is 0 Å². The van der Waals surface area contributed by atoms with Gasteiger partial charge in [-0.15, -0.1) is 0 Å². The Morgan fingerprint density at radius 2 is 2.08 bits per heavy atom. The van der Waals surface area contributed by atoms with E-state index in [4.69, 9.17) is 9.47 Å². The molecule has 0 saturated carbocycles. The molecule has 0 amide bonds. The molecular formula is C22H25NO3. The minimum atomic E-state index is -0.345. The van der Waals surface area contributed by atoms with Gasteiger partial charge >= 0.3 is 5.97 Å². The molecular weight excluding hydrogens is 326 g/mol. The number of carbonyl (C=O) groups excluding carboxylic acids is 1. The first kappa shape index (κ1) is 18.2. The van der Waals surface area contributed by atoms with E-state index < -0.39 is 0 Å². The van der Waals surface area contributed by atoms with Crippen LogP contribution in [0.25, 0.3) is 5.57 Å². The summed E-state index contributed by atoms with van der Waals surface area (Å²) < 4.78 is 11.3. The van der Waals surface area contributed by atoms with Gasteiger partial charge in [0.2, 0.25) is 0 Å². The summed E-state index contributed by atoms with van der Waals surface area (Å²) in [6, 6.07) is 5.50. The highest BCUT2D eigenvalue weighted by Crippen LogP contribution is 2.43. The number of benzene rings is 1. The molecule has 0 radical (unpaired) electrons. The van der Waals surface area contributed by atoms with Gasteiger partial charge in [0.25, 0.3) is 0 Å². The van der Waals surface area contributed by atoms with Crippen molar-refractivity contribution in [1.29, 1.82) is 0 Å².